The largest absolute Gasteiger partial charge is 0.339 e. The fraction of sp³-hybridized carbons (Fsp3) is 0.850. The Hall–Kier alpha value is -0.440. The summed E-state index contributed by atoms with van der Waals surface area (Å²) < 4.78 is 0. The molecule has 1 aliphatic rings. The quantitative estimate of drug-likeness (QED) is 0.337. The monoisotopic (exact) mass is 339 g/mol. The second-order valence-corrected chi connectivity index (χ2v) is 8.43. The van der Waals surface area contributed by atoms with E-state index in [4.69, 9.17) is 0 Å². The summed E-state index contributed by atoms with van der Waals surface area (Å²) in [7, 11) is 0. The molecule has 1 aliphatic heterocycles. The minimum Gasteiger partial charge on any atom is -0.339 e. The van der Waals surface area contributed by atoms with E-state index >= 15 is 0 Å². The molecular weight excluding hydrogens is 302 g/mol. The van der Waals surface area contributed by atoms with Gasteiger partial charge in [0.2, 0.25) is 5.91 Å². The Labute approximate surface area is 148 Å². The van der Waals surface area contributed by atoms with E-state index in [0.29, 0.717) is 11.9 Å². The van der Waals surface area contributed by atoms with Gasteiger partial charge in [0.25, 0.3) is 0 Å². The van der Waals surface area contributed by atoms with E-state index in [1.807, 2.05) is 6.08 Å². The highest BCUT2D eigenvalue weighted by atomic mass is 32.2. The molecule has 2 nitrogen and oxygen atoms in total. The van der Waals surface area contributed by atoms with E-state index in [1.165, 1.54) is 37.2 Å². The van der Waals surface area contributed by atoms with Crippen LogP contribution in [0.4, 0.5) is 0 Å². The number of carbonyl (C=O) groups excluding carboxylic acids is 1. The molecule has 1 saturated heterocycles. The first-order valence-electron chi connectivity index (χ1n) is 9.58. The maximum atomic E-state index is 13.2. The number of hydrogen-bond donors (Lipinski definition) is 0. The van der Waals surface area contributed by atoms with E-state index in [-0.39, 0.29) is 5.41 Å². The number of nitrogens with zero attached hydrogens (tertiary/aromatic N) is 1. The van der Waals surface area contributed by atoms with Crippen LogP contribution in [-0.4, -0.2) is 34.9 Å². The Kier molecular flexibility index (Phi) is 10.0. The predicted octanol–water partition coefficient (Wildman–Crippen LogP) is 5.67. The van der Waals surface area contributed by atoms with Crippen LogP contribution in [0.5, 0.6) is 0 Å². The maximum absolute atomic E-state index is 13.2. The highest BCUT2D eigenvalue weighted by Crippen LogP contribution is 2.35. The molecule has 0 aromatic rings. The van der Waals surface area contributed by atoms with E-state index < -0.39 is 0 Å². The van der Waals surface area contributed by atoms with Crippen LogP contribution in [0.3, 0.4) is 0 Å². The van der Waals surface area contributed by atoms with Gasteiger partial charge in [-0.2, -0.15) is 11.8 Å². The van der Waals surface area contributed by atoms with Gasteiger partial charge < -0.3 is 4.90 Å². The normalized spacial score (nSPS) is 20.5. The third kappa shape index (κ3) is 6.52. The van der Waals surface area contributed by atoms with Gasteiger partial charge >= 0.3 is 0 Å². The number of likely N-dealkylation sites (tertiary alicyclic amines) is 1. The summed E-state index contributed by atoms with van der Waals surface area (Å²) >= 11 is 2.06. The SMILES string of the molecule is C=CC[C@@](C)(CCCC)C(=O)N1CCC[C@H]1CCSCCCC. The lowest BCUT2D eigenvalue weighted by Crippen LogP contribution is -2.45. The molecular formula is C20H37NOS. The van der Waals surface area contributed by atoms with Crippen molar-refractivity contribution in [2.75, 3.05) is 18.1 Å². The van der Waals surface area contributed by atoms with Gasteiger partial charge in [-0.05, 0) is 50.0 Å². The molecule has 0 spiro atoms. The molecule has 0 aromatic heterocycles. The molecule has 1 fully saturated rings. The number of allylic oxidation sites excluding steroid dienone is 1. The average Bonchev–Trinajstić information content (AvgIpc) is 3.00. The highest BCUT2D eigenvalue weighted by Gasteiger charge is 2.39. The molecule has 0 radical (unpaired) electrons. The third-order valence-corrected chi connectivity index (χ3v) is 6.17. The molecule has 1 heterocycles. The second kappa shape index (κ2) is 11.2. The Bertz CT molecular complexity index is 358. The lowest BCUT2D eigenvalue weighted by Gasteiger charge is -2.35. The van der Waals surface area contributed by atoms with Gasteiger partial charge in [0.15, 0.2) is 0 Å². The summed E-state index contributed by atoms with van der Waals surface area (Å²) in [6, 6.07) is 0.474. The summed E-state index contributed by atoms with van der Waals surface area (Å²) in [4.78, 5) is 15.4. The van der Waals surface area contributed by atoms with Crippen LogP contribution >= 0.6 is 11.8 Å². The van der Waals surface area contributed by atoms with E-state index in [1.54, 1.807) is 0 Å². The number of rotatable bonds is 12. The van der Waals surface area contributed by atoms with Gasteiger partial charge in [-0.25, -0.2) is 0 Å². The molecule has 0 saturated carbocycles. The Morgan fingerprint density at radius 1 is 1.30 bits per heavy atom. The molecule has 0 unspecified atom stereocenters. The number of carbonyl (C=O) groups is 1. The van der Waals surface area contributed by atoms with Gasteiger partial charge in [-0.1, -0.05) is 46.1 Å². The first-order valence-corrected chi connectivity index (χ1v) is 10.7. The molecule has 134 valence electrons. The Morgan fingerprint density at radius 3 is 2.70 bits per heavy atom. The van der Waals surface area contributed by atoms with Gasteiger partial charge in [-0.15, -0.1) is 6.58 Å². The first-order chi connectivity index (χ1) is 11.1. The van der Waals surface area contributed by atoms with Gasteiger partial charge in [0, 0.05) is 12.6 Å². The molecule has 3 heteroatoms. The highest BCUT2D eigenvalue weighted by molar-refractivity contribution is 7.99. The standard InChI is InChI=1S/C20H37NOS/c1-5-8-14-20(4,13-7-3)19(22)21-15-10-11-18(21)12-17-23-16-9-6-2/h7,18H,3,5-6,8-17H2,1-2,4H3/t18-,20-/m0/s1. The van der Waals surface area contributed by atoms with Crippen LogP contribution in [0.15, 0.2) is 12.7 Å². The zero-order valence-electron chi connectivity index (χ0n) is 15.6. The van der Waals surface area contributed by atoms with Gasteiger partial charge in [0.1, 0.15) is 0 Å². The van der Waals surface area contributed by atoms with Crippen molar-refractivity contribution in [2.45, 2.75) is 84.6 Å². The number of thioether (sulfide) groups is 1. The van der Waals surface area contributed by atoms with Crippen molar-refractivity contribution in [3.05, 3.63) is 12.7 Å². The summed E-state index contributed by atoms with van der Waals surface area (Å²) in [6.07, 6.45) is 12.1. The van der Waals surface area contributed by atoms with Crippen LogP contribution in [0.25, 0.3) is 0 Å². The molecule has 0 aliphatic carbocycles. The van der Waals surface area contributed by atoms with Crippen molar-refractivity contribution in [3.63, 3.8) is 0 Å². The molecule has 0 aromatic carbocycles. The van der Waals surface area contributed by atoms with Crippen LogP contribution in [0, 0.1) is 5.41 Å². The van der Waals surface area contributed by atoms with Crippen LogP contribution in [-0.2, 0) is 4.79 Å². The molecule has 23 heavy (non-hydrogen) atoms. The summed E-state index contributed by atoms with van der Waals surface area (Å²) in [6.45, 7) is 11.4. The molecule has 0 N–H and O–H groups in total. The average molecular weight is 340 g/mol. The van der Waals surface area contributed by atoms with Crippen molar-refractivity contribution in [1.82, 2.24) is 4.90 Å². The van der Waals surface area contributed by atoms with E-state index in [0.717, 1.165) is 38.6 Å². The zero-order valence-corrected chi connectivity index (χ0v) is 16.4. The molecule has 0 bridgehead atoms. The number of hydrogen-bond acceptors (Lipinski definition) is 2. The fourth-order valence-electron chi connectivity index (χ4n) is 3.50. The number of amides is 1. The van der Waals surface area contributed by atoms with Crippen molar-refractivity contribution < 1.29 is 4.79 Å². The van der Waals surface area contributed by atoms with E-state index in [9.17, 15) is 4.79 Å². The third-order valence-electron chi connectivity index (χ3n) is 5.07. The maximum Gasteiger partial charge on any atom is 0.229 e. The van der Waals surface area contributed by atoms with Crippen LogP contribution < -0.4 is 0 Å². The molecule has 1 amide bonds. The molecule has 2 atom stereocenters. The van der Waals surface area contributed by atoms with Crippen molar-refractivity contribution in [1.29, 1.82) is 0 Å². The summed E-state index contributed by atoms with van der Waals surface area (Å²) in [5, 5.41) is 0. The zero-order chi connectivity index (χ0) is 17.1. The van der Waals surface area contributed by atoms with Crippen LogP contribution in [0.2, 0.25) is 0 Å². The van der Waals surface area contributed by atoms with Crippen LogP contribution in [0.1, 0.15) is 78.6 Å². The minimum atomic E-state index is -0.240. The van der Waals surface area contributed by atoms with Crippen molar-refractivity contribution in [2.24, 2.45) is 5.41 Å². The first kappa shape index (κ1) is 20.6. The Balaban J connectivity index is 2.58. The number of unbranched alkanes of at least 4 members (excludes halogenated alkanes) is 2. The Morgan fingerprint density at radius 2 is 2.04 bits per heavy atom. The summed E-state index contributed by atoms with van der Waals surface area (Å²) in [5.74, 6) is 2.84. The van der Waals surface area contributed by atoms with Crippen molar-refractivity contribution in [3.8, 4) is 0 Å². The smallest absolute Gasteiger partial charge is 0.229 e. The second-order valence-electron chi connectivity index (χ2n) is 7.21. The fourth-order valence-corrected chi connectivity index (χ4v) is 4.64. The lowest BCUT2D eigenvalue weighted by molar-refractivity contribution is -0.142. The summed E-state index contributed by atoms with van der Waals surface area (Å²) in [5.41, 5.74) is -0.240. The van der Waals surface area contributed by atoms with Gasteiger partial charge in [-0.3, -0.25) is 4.79 Å². The van der Waals surface area contributed by atoms with Gasteiger partial charge in [0.05, 0.1) is 5.41 Å². The van der Waals surface area contributed by atoms with Crippen molar-refractivity contribution >= 4 is 17.7 Å². The lowest BCUT2D eigenvalue weighted by atomic mass is 9.80. The predicted molar refractivity (Wildman–Crippen MR) is 104 cm³/mol. The van der Waals surface area contributed by atoms with E-state index in [2.05, 4.69) is 44.0 Å². The molecule has 1 rings (SSSR count). The minimum absolute atomic E-state index is 0.240. The topological polar surface area (TPSA) is 20.3 Å².